The summed E-state index contributed by atoms with van der Waals surface area (Å²) in [6, 6.07) is 0. The topological polar surface area (TPSA) is 233 Å². The number of benzene rings is 1. The number of amides is 6. The van der Waals surface area contributed by atoms with E-state index in [1.807, 2.05) is 0 Å². The molecule has 6 amide bonds. The average molecular weight is 2220 g/mol. The second kappa shape index (κ2) is 42.3. The smallest absolute Gasteiger partial charge is 0.255 e. The Morgan fingerprint density at radius 1 is 0.146 bits per heavy atom. The van der Waals surface area contributed by atoms with Gasteiger partial charge in [0.25, 0.3) is 35.4 Å². The van der Waals surface area contributed by atoms with E-state index in [0.717, 1.165) is 0 Å². The lowest BCUT2D eigenvalue weighted by atomic mass is 9.82. The zero-order chi connectivity index (χ0) is 112. The van der Waals surface area contributed by atoms with Gasteiger partial charge in [0, 0.05) is 78.5 Å². The zero-order valence-electron chi connectivity index (χ0n) is 103. The molecule has 12 atom stereocenters. The lowest BCUT2D eigenvalue weighted by molar-refractivity contribution is 0.0677. The van der Waals surface area contributed by atoms with Gasteiger partial charge in [-0.05, 0) is 218 Å². The first kappa shape index (κ1) is 129. The summed E-state index contributed by atoms with van der Waals surface area (Å²) in [4.78, 5) is 125. The van der Waals surface area contributed by atoms with Gasteiger partial charge in [-0.15, -0.1) is 0 Å². The standard InChI is InChI=1S/C108H216N6O18Si12/c1-97(2,3)133(37,38)121-73-61-109(62-74(73)122-134(39,40)98(4,5)6)91(115)85-86(92(116)110-63-75(123-135(41,42)99(7,8)9)76(64-110)124-136(43,44)100(10,11)12)88(94(118)112-67-79(127-139(49,50)103(19,20)21)80(68-112)128-140(51,52)104(22,23)24)90(96(120)114-71-83(131-143(57,58)107(31,32)33)84(72-114)132-144(59,60)108(34,35)36)89(95(119)113-69-81(129-141(53,54)105(25,26)27)82(70-113)130-142(55,56)106(28,29)30)87(85)93(117)111-65-77(125-137(45,46)101(13,14)15)78(66-111)126-138(47,48)102(16,17)18/h73-84H,61-72H2,1-60H3/t73-,74-,75-,76-,77-,78-,79-,80-,81-,82-,83-,84-/m0/s1. The van der Waals surface area contributed by atoms with Crippen molar-refractivity contribution in [3.8, 4) is 0 Å². The summed E-state index contributed by atoms with van der Waals surface area (Å²) in [5, 5.41) is -4.15. The zero-order valence-corrected chi connectivity index (χ0v) is 115. The number of carbonyl (C=O) groups is 6. The molecule has 36 heteroatoms. The molecule has 834 valence electrons. The van der Waals surface area contributed by atoms with Crippen LogP contribution in [0.3, 0.4) is 0 Å². The molecule has 0 unspecified atom stereocenters. The molecule has 0 radical (unpaired) electrons. The van der Waals surface area contributed by atoms with Gasteiger partial charge in [0.1, 0.15) is 0 Å². The minimum absolute atomic E-state index is 0.0998. The maximum atomic E-state index is 19.2. The molecule has 0 aromatic heterocycles. The molecule has 0 N–H and O–H groups in total. The van der Waals surface area contributed by atoms with Gasteiger partial charge in [-0.2, -0.15) is 0 Å². The summed E-state index contributed by atoms with van der Waals surface area (Å²) >= 11 is 0. The van der Waals surface area contributed by atoms with Crippen molar-refractivity contribution in [3.05, 3.63) is 33.4 Å². The van der Waals surface area contributed by atoms with Gasteiger partial charge >= 0.3 is 0 Å². The molecule has 1 aromatic carbocycles. The van der Waals surface area contributed by atoms with Crippen molar-refractivity contribution in [1.29, 1.82) is 0 Å². The van der Waals surface area contributed by atoms with Crippen molar-refractivity contribution < 1.29 is 81.9 Å². The fraction of sp³-hybridized carbons (Fsp3) is 0.889. The van der Waals surface area contributed by atoms with Crippen LogP contribution in [0, 0.1) is 0 Å². The van der Waals surface area contributed by atoms with Gasteiger partial charge in [-0.1, -0.05) is 249 Å². The largest absolute Gasteiger partial charge is 0.409 e. The Balaban J connectivity index is 1.98. The monoisotopic (exact) mass is 2220 g/mol. The Morgan fingerprint density at radius 3 is 0.250 bits per heavy atom. The molecule has 144 heavy (non-hydrogen) atoms. The molecule has 0 aliphatic carbocycles. The summed E-state index contributed by atoms with van der Waals surface area (Å²) in [7, 11) is -34.2. The number of hydrogen-bond acceptors (Lipinski definition) is 18. The fourth-order valence-corrected chi connectivity index (χ4v) is 32.5. The molecule has 6 fully saturated rings. The van der Waals surface area contributed by atoms with Crippen LogP contribution >= 0.6 is 0 Å². The van der Waals surface area contributed by atoms with Crippen molar-refractivity contribution in [2.45, 2.75) is 540 Å². The molecule has 24 nitrogen and oxygen atoms in total. The molecule has 6 heterocycles. The third-order valence-electron chi connectivity index (χ3n) is 38.8. The van der Waals surface area contributed by atoms with Crippen molar-refractivity contribution in [2.75, 3.05) is 78.5 Å². The third-order valence-corrected chi connectivity index (χ3v) is 92.9. The molecule has 6 aliphatic rings. The van der Waals surface area contributed by atoms with Crippen molar-refractivity contribution in [1.82, 2.24) is 29.4 Å². The summed E-state index contributed by atoms with van der Waals surface area (Å²) in [6.45, 7) is 131. The predicted octanol–water partition coefficient (Wildman–Crippen LogP) is 27.1. The second-order valence-electron chi connectivity index (χ2n) is 62.5. The minimum Gasteiger partial charge on any atom is -0.409 e. The molecule has 6 saturated heterocycles. The molecule has 0 spiro atoms. The molecule has 0 bridgehead atoms. The Bertz CT molecular complexity index is 3750. The number of nitrogens with zero attached hydrogens (tertiary/aromatic N) is 6. The Kier molecular flexibility index (Phi) is 37.9. The van der Waals surface area contributed by atoms with Crippen molar-refractivity contribution >= 4 is 135 Å². The SMILES string of the molecule is CC(C)(C)[Si](C)(C)O[C@H]1CN(C(=O)c2c(C(=O)N3C[C@H](O[Si](C)(C)C(C)(C)C)[C@@H](O[Si](C)(C)C(C)(C)C)C3)c(C(=O)N3C[C@H](O[Si](C)(C)C(C)(C)C)[C@@H](O[Si](C)(C)C(C)(C)C)C3)c(C(=O)N3C[C@H](O[Si](C)(C)C(C)(C)C)[C@@H](O[Si](C)(C)C(C)(C)C)C3)c(C(=O)N3C[C@H](O[Si](C)(C)C(C)(C)C)[C@@H](O[Si](C)(C)C(C)(C)C)C3)c2C(=O)N2C[C@H](O[Si](C)(C)C(C)(C)C)[C@@H](O[Si](C)(C)C(C)(C)C)C2)C[C@@H]1O[Si](C)(C)C(C)(C)C. The van der Waals surface area contributed by atoms with Crippen LogP contribution in [0.2, 0.25) is 218 Å². The Morgan fingerprint density at radius 2 is 0.201 bits per heavy atom. The quantitative estimate of drug-likeness (QED) is 0.0651. The van der Waals surface area contributed by atoms with Crippen LogP contribution in [0.15, 0.2) is 0 Å². The van der Waals surface area contributed by atoms with Crippen LogP contribution in [0.5, 0.6) is 0 Å². The highest BCUT2D eigenvalue weighted by molar-refractivity contribution is 6.79. The fourth-order valence-electron chi connectivity index (χ4n) is 16.5. The van der Waals surface area contributed by atoms with Gasteiger partial charge in [0.15, 0.2) is 99.8 Å². The molecule has 7 rings (SSSR count). The van der Waals surface area contributed by atoms with Crippen LogP contribution in [-0.2, 0) is 53.1 Å². The highest BCUT2D eigenvalue weighted by Gasteiger charge is 2.62. The second-order valence-corrected chi connectivity index (χ2v) is 120. The van der Waals surface area contributed by atoms with Gasteiger partial charge < -0.3 is 82.5 Å². The maximum Gasteiger partial charge on any atom is 0.255 e. The summed E-state index contributed by atoms with van der Waals surface area (Å²) in [5.41, 5.74) is -2.98. The van der Waals surface area contributed by atoms with E-state index < -0.39 is 242 Å². The Hall–Kier alpha value is -1.84. The molecular weight excluding hydrogens is 2010 g/mol. The average Bonchev–Trinajstić information content (AvgIpc) is 1.28. The van der Waals surface area contributed by atoms with Gasteiger partial charge in [-0.25, -0.2) is 0 Å². The first-order chi connectivity index (χ1) is 63.4. The first-order valence-electron chi connectivity index (χ1n) is 54.5. The van der Waals surface area contributed by atoms with E-state index in [0.29, 0.717) is 0 Å². The number of hydrogen-bond donors (Lipinski definition) is 0. The van der Waals surface area contributed by atoms with E-state index in [9.17, 15) is 0 Å². The predicted molar refractivity (Wildman–Crippen MR) is 627 cm³/mol. The summed E-state index contributed by atoms with van der Waals surface area (Å²) in [6.07, 6.45) is -9.29. The van der Waals surface area contributed by atoms with Gasteiger partial charge in [0.05, 0.1) is 107 Å². The van der Waals surface area contributed by atoms with E-state index in [4.69, 9.17) is 53.1 Å². The van der Waals surface area contributed by atoms with Crippen LogP contribution in [0.4, 0.5) is 0 Å². The maximum absolute atomic E-state index is 19.2. The highest BCUT2D eigenvalue weighted by Crippen LogP contribution is 2.53. The van der Waals surface area contributed by atoms with Crippen molar-refractivity contribution in [3.63, 3.8) is 0 Å². The van der Waals surface area contributed by atoms with E-state index in [-0.39, 0.29) is 139 Å². The number of rotatable bonds is 30. The van der Waals surface area contributed by atoms with Gasteiger partial charge in [-0.3, -0.25) is 28.8 Å². The molecule has 6 aliphatic heterocycles. The minimum atomic E-state index is -2.85. The third kappa shape index (κ3) is 28.2. The molecule has 1 aromatic rings. The summed E-state index contributed by atoms with van der Waals surface area (Å²) in [5.74, 6) is -4.97. The highest BCUT2D eigenvalue weighted by atomic mass is 28.4. The van der Waals surface area contributed by atoms with Gasteiger partial charge in [0.2, 0.25) is 0 Å². The lowest BCUT2D eigenvalue weighted by Crippen LogP contribution is -2.51. The molecular formula is C108H216N6O18Si12. The van der Waals surface area contributed by atoms with Crippen LogP contribution in [0.25, 0.3) is 0 Å². The molecule has 0 saturated carbocycles. The van der Waals surface area contributed by atoms with Crippen LogP contribution in [0.1, 0.15) is 311 Å². The summed E-state index contributed by atoms with van der Waals surface area (Å²) < 4.78 is 92.9. The van der Waals surface area contributed by atoms with Crippen LogP contribution < -0.4 is 0 Å². The van der Waals surface area contributed by atoms with Crippen molar-refractivity contribution in [2.24, 2.45) is 0 Å². The van der Waals surface area contributed by atoms with E-state index in [1.165, 1.54) is 0 Å². The first-order valence-corrected chi connectivity index (χ1v) is 89.4. The Labute approximate surface area is 892 Å². The van der Waals surface area contributed by atoms with E-state index in [2.05, 4.69) is 406 Å². The number of likely N-dealkylation sites (tertiary alicyclic amines) is 6. The lowest BCUT2D eigenvalue weighted by Gasteiger charge is -2.42. The number of carbonyl (C=O) groups excluding carboxylic acids is 6. The van der Waals surface area contributed by atoms with Crippen LogP contribution in [-0.4, -0.2) is 316 Å². The van der Waals surface area contributed by atoms with E-state index >= 15 is 28.8 Å². The normalized spacial score (nSPS) is 24.3. The van der Waals surface area contributed by atoms with E-state index in [1.54, 1.807) is 29.4 Å².